The number of piperidine rings is 1. The second kappa shape index (κ2) is 6.35. The van der Waals surface area contributed by atoms with Gasteiger partial charge in [0.2, 0.25) is 0 Å². The molecule has 0 unspecified atom stereocenters. The number of benzene rings is 1. The molecule has 1 aromatic carbocycles. The highest BCUT2D eigenvalue weighted by Crippen LogP contribution is 2.23. The summed E-state index contributed by atoms with van der Waals surface area (Å²) in [5.41, 5.74) is 8.52. The molecule has 100 valence electrons. The van der Waals surface area contributed by atoms with E-state index in [1.165, 1.54) is 36.9 Å². The molecule has 1 fully saturated rings. The van der Waals surface area contributed by atoms with Crippen molar-refractivity contribution in [1.29, 1.82) is 0 Å². The molecular weight excluding hydrogens is 220 g/mol. The second-order valence-electron chi connectivity index (χ2n) is 5.59. The van der Waals surface area contributed by atoms with Crippen molar-refractivity contribution in [2.45, 2.75) is 58.2 Å². The smallest absolute Gasteiger partial charge is 0.0180 e. The van der Waals surface area contributed by atoms with Crippen LogP contribution >= 0.6 is 0 Å². The zero-order valence-electron chi connectivity index (χ0n) is 11.7. The average Bonchev–Trinajstić information content (AvgIpc) is 2.38. The molecule has 2 nitrogen and oxygen atoms in total. The molecule has 2 rings (SSSR count). The maximum absolute atomic E-state index is 5.80. The maximum Gasteiger partial charge on any atom is 0.0180 e. The molecule has 1 aliphatic heterocycles. The van der Waals surface area contributed by atoms with Gasteiger partial charge in [-0.15, -0.1) is 0 Å². The monoisotopic (exact) mass is 246 g/mol. The number of hydrogen-bond acceptors (Lipinski definition) is 2. The zero-order chi connectivity index (χ0) is 13.0. The van der Waals surface area contributed by atoms with Crippen molar-refractivity contribution in [3.05, 3.63) is 35.4 Å². The normalized spacial score (nSPS) is 25.3. The molecule has 0 radical (unpaired) electrons. The van der Waals surface area contributed by atoms with Crippen molar-refractivity contribution in [2.24, 2.45) is 5.73 Å². The standard InChI is InChI=1S/C16H26N2/c1-13-6-5-7-14(2)18(13)11-10-15-8-3-4-9-16(15)12-17/h3-4,8-9,13-14H,5-7,10-12,17H2,1-2H3/t13-,14+. The van der Waals surface area contributed by atoms with Crippen LogP contribution in [0.4, 0.5) is 0 Å². The summed E-state index contributed by atoms with van der Waals surface area (Å²) in [5.74, 6) is 0. The molecule has 1 heterocycles. The number of nitrogens with two attached hydrogens (primary N) is 1. The Morgan fingerprint density at radius 1 is 1.11 bits per heavy atom. The lowest BCUT2D eigenvalue weighted by Crippen LogP contribution is -2.44. The van der Waals surface area contributed by atoms with Gasteiger partial charge in [-0.25, -0.2) is 0 Å². The molecule has 0 spiro atoms. The van der Waals surface area contributed by atoms with Gasteiger partial charge in [0.15, 0.2) is 0 Å². The van der Waals surface area contributed by atoms with Gasteiger partial charge < -0.3 is 5.73 Å². The van der Waals surface area contributed by atoms with Crippen molar-refractivity contribution in [2.75, 3.05) is 6.54 Å². The van der Waals surface area contributed by atoms with Crippen LogP contribution in [-0.2, 0) is 13.0 Å². The van der Waals surface area contributed by atoms with E-state index in [4.69, 9.17) is 5.73 Å². The Kier molecular flexibility index (Phi) is 4.79. The summed E-state index contributed by atoms with van der Waals surface area (Å²) in [7, 11) is 0. The minimum absolute atomic E-state index is 0.654. The minimum Gasteiger partial charge on any atom is -0.326 e. The van der Waals surface area contributed by atoms with E-state index in [1.54, 1.807) is 0 Å². The van der Waals surface area contributed by atoms with E-state index in [0.29, 0.717) is 6.54 Å². The first-order valence-electron chi connectivity index (χ1n) is 7.25. The molecule has 1 saturated heterocycles. The van der Waals surface area contributed by atoms with Crippen molar-refractivity contribution in [1.82, 2.24) is 4.90 Å². The van der Waals surface area contributed by atoms with E-state index < -0.39 is 0 Å². The molecule has 0 amide bonds. The van der Waals surface area contributed by atoms with Gasteiger partial charge in [0.05, 0.1) is 0 Å². The van der Waals surface area contributed by atoms with Gasteiger partial charge in [0, 0.05) is 25.2 Å². The van der Waals surface area contributed by atoms with Gasteiger partial charge in [0.25, 0.3) is 0 Å². The van der Waals surface area contributed by atoms with Crippen molar-refractivity contribution in [3.8, 4) is 0 Å². The largest absolute Gasteiger partial charge is 0.326 e. The Morgan fingerprint density at radius 2 is 1.72 bits per heavy atom. The number of rotatable bonds is 4. The van der Waals surface area contributed by atoms with E-state index >= 15 is 0 Å². The van der Waals surface area contributed by atoms with Crippen LogP contribution in [0.25, 0.3) is 0 Å². The number of likely N-dealkylation sites (tertiary alicyclic amines) is 1. The summed E-state index contributed by atoms with van der Waals surface area (Å²) in [6.45, 7) is 6.55. The molecule has 2 N–H and O–H groups in total. The summed E-state index contributed by atoms with van der Waals surface area (Å²) >= 11 is 0. The fourth-order valence-corrected chi connectivity index (χ4v) is 3.17. The third-order valence-electron chi connectivity index (χ3n) is 4.35. The Labute approximate surface area is 111 Å². The van der Waals surface area contributed by atoms with Crippen LogP contribution in [0, 0.1) is 0 Å². The molecule has 1 aromatic rings. The van der Waals surface area contributed by atoms with Crippen LogP contribution in [0.5, 0.6) is 0 Å². The highest BCUT2D eigenvalue weighted by Gasteiger charge is 2.24. The fourth-order valence-electron chi connectivity index (χ4n) is 3.17. The maximum atomic E-state index is 5.80. The Morgan fingerprint density at radius 3 is 2.33 bits per heavy atom. The van der Waals surface area contributed by atoms with Crippen LogP contribution in [0.2, 0.25) is 0 Å². The predicted octanol–water partition coefficient (Wildman–Crippen LogP) is 2.95. The van der Waals surface area contributed by atoms with Crippen LogP contribution < -0.4 is 5.73 Å². The van der Waals surface area contributed by atoms with Crippen LogP contribution in [0.15, 0.2) is 24.3 Å². The summed E-state index contributed by atoms with van der Waals surface area (Å²) in [4.78, 5) is 2.66. The van der Waals surface area contributed by atoms with E-state index in [1.807, 2.05) is 0 Å². The van der Waals surface area contributed by atoms with Gasteiger partial charge in [-0.2, -0.15) is 0 Å². The van der Waals surface area contributed by atoms with E-state index in [-0.39, 0.29) is 0 Å². The predicted molar refractivity (Wildman–Crippen MR) is 77.5 cm³/mol. The van der Waals surface area contributed by atoms with Gasteiger partial charge in [0.1, 0.15) is 0 Å². The van der Waals surface area contributed by atoms with Crippen LogP contribution in [0.3, 0.4) is 0 Å². The quantitative estimate of drug-likeness (QED) is 0.885. The number of nitrogens with zero attached hydrogens (tertiary/aromatic N) is 1. The highest BCUT2D eigenvalue weighted by molar-refractivity contribution is 5.27. The van der Waals surface area contributed by atoms with E-state index in [2.05, 4.69) is 43.0 Å². The van der Waals surface area contributed by atoms with Gasteiger partial charge in [-0.05, 0) is 44.2 Å². The summed E-state index contributed by atoms with van der Waals surface area (Å²) in [5, 5.41) is 0. The number of hydrogen-bond donors (Lipinski definition) is 1. The van der Waals surface area contributed by atoms with Gasteiger partial charge in [-0.3, -0.25) is 4.90 Å². The topological polar surface area (TPSA) is 29.3 Å². The third-order valence-corrected chi connectivity index (χ3v) is 4.35. The molecule has 0 aromatic heterocycles. The van der Waals surface area contributed by atoms with Crippen LogP contribution in [0.1, 0.15) is 44.2 Å². The first kappa shape index (κ1) is 13.6. The fraction of sp³-hybridized carbons (Fsp3) is 0.625. The molecule has 0 bridgehead atoms. The van der Waals surface area contributed by atoms with Gasteiger partial charge >= 0.3 is 0 Å². The lowest BCUT2D eigenvalue weighted by Gasteiger charge is -2.39. The zero-order valence-corrected chi connectivity index (χ0v) is 11.7. The molecule has 18 heavy (non-hydrogen) atoms. The lowest BCUT2D eigenvalue weighted by molar-refractivity contribution is 0.105. The Bertz CT molecular complexity index is 365. The first-order valence-corrected chi connectivity index (χ1v) is 7.25. The SMILES string of the molecule is C[C@@H]1CCC[C@H](C)N1CCc1ccccc1CN. The molecular formula is C16H26N2. The molecule has 0 saturated carbocycles. The molecule has 0 aliphatic carbocycles. The molecule has 2 atom stereocenters. The van der Waals surface area contributed by atoms with Gasteiger partial charge in [-0.1, -0.05) is 30.7 Å². The van der Waals surface area contributed by atoms with Crippen molar-refractivity contribution >= 4 is 0 Å². The molecule has 1 aliphatic rings. The second-order valence-corrected chi connectivity index (χ2v) is 5.59. The van der Waals surface area contributed by atoms with Crippen molar-refractivity contribution < 1.29 is 0 Å². The van der Waals surface area contributed by atoms with E-state index in [0.717, 1.165) is 18.5 Å². The Hall–Kier alpha value is -0.860. The minimum atomic E-state index is 0.654. The summed E-state index contributed by atoms with van der Waals surface area (Å²) in [6.07, 6.45) is 5.21. The first-order chi connectivity index (χ1) is 8.72. The van der Waals surface area contributed by atoms with Crippen LogP contribution in [-0.4, -0.2) is 23.5 Å². The lowest BCUT2D eigenvalue weighted by atomic mass is 9.96. The average molecular weight is 246 g/mol. The summed E-state index contributed by atoms with van der Waals surface area (Å²) < 4.78 is 0. The Balaban J connectivity index is 1.97. The van der Waals surface area contributed by atoms with E-state index in [9.17, 15) is 0 Å². The van der Waals surface area contributed by atoms with Crippen molar-refractivity contribution in [3.63, 3.8) is 0 Å². The molecule has 2 heteroatoms. The highest BCUT2D eigenvalue weighted by atomic mass is 15.2. The summed E-state index contributed by atoms with van der Waals surface area (Å²) in [6, 6.07) is 10.0. The third kappa shape index (κ3) is 3.12.